The van der Waals surface area contributed by atoms with Crippen LogP contribution in [0.2, 0.25) is 0 Å². The molecule has 0 saturated heterocycles. The highest BCUT2D eigenvalue weighted by Crippen LogP contribution is 2.33. The molecule has 16 heavy (non-hydrogen) atoms. The van der Waals surface area contributed by atoms with Crippen LogP contribution >= 0.6 is 0 Å². The largest absolute Gasteiger partial charge is 0.496 e. The van der Waals surface area contributed by atoms with E-state index in [0.29, 0.717) is 0 Å². The van der Waals surface area contributed by atoms with Gasteiger partial charge in [-0.15, -0.1) is 0 Å². The van der Waals surface area contributed by atoms with Crippen molar-refractivity contribution in [3.8, 4) is 5.75 Å². The standard InChI is InChI=1S/C13H20O.C2H6/c1-9-7-11(13(3,4)5)12(14-6)8-10(9)2;1-2/h7-8H,1-6H3;1-2H3. The normalized spacial score (nSPS) is 10.5. The molecule has 0 aliphatic carbocycles. The lowest BCUT2D eigenvalue weighted by Gasteiger charge is -2.23. The molecule has 0 heterocycles. The van der Waals surface area contributed by atoms with Crippen molar-refractivity contribution in [2.45, 2.75) is 53.9 Å². The van der Waals surface area contributed by atoms with Crippen LogP contribution in [0.3, 0.4) is 0 Å². The lowest BCUT2D eigenvalue weighted by atomic mass is 9.84. The molecule has 92 valence electrons. The van der Waals surface area contributed by atoms with Crippen molar-refractivity contribution >= 4 is 0 Å². The molecular weight excluding hydrogens is 196 g/mol. The van der Waals surface area contributed by atoms with Crippen LogP contribution in [-0.2, 0) is 5.41 Å². The second-order valence-corrected chi connectivity index (χ2v) is 4.89. The number of aryl methyl sites for hydroxylation is 2. The Bertz CT molecular complexity index is 332. The van der Waals surface area contributed by atoms with E-state index in [1.807, 2.05) is 13.8 Å². The van der Waals surface area contributed by atoms with Gasteiger partial charge in [0.15, 0.2) is 0 Å². The van der Waals surface area contributed by atoms with Gasteiger partial charge >= 0.3 is 0 Å². The third kappa shape index (κ3) is 3.55. The minimum absolute atomic E-state index is 0.143. The summed E-state index contributed by atoms with van der Waals surface area (Å²) < 4.78 is 5.41. The van der Waals surface area contributed by atoms with Crippen molar-refractivity contribution in [3.63, 3.8) is 0 Å². The van der Waals surface area contributed by atoms with Gasteiger partial charge in [-0.1, -0.05) is 40.7 Å². The minimum Gasteiger partial charge on any atom is -0.496 e. The molecule has 0 atom stereocenters. The van der Waals surface area contributed by atoms with Crippen LogP contribution in [0.15, 0.2) is 12.1 Å². The molecule has 0 saturated carbocycles. The maximum atomic E-state index is 5.41. The lowest BCUT2D eigenvalue weighted by molar-refractivity contribution is 0.397. The Morgan fingerprint density at radius 1 is 0.938 bits per heavy atom. The fourth-order valence-electron chi connectivity index (χ4n) is 1.54. The van der Waals surface area contributed by atoms with Gasteiger partial charge in [0.25, 0.3) is 0 Å². The Labute approximate surface area is 101 Å². The molecule has 1 heteroatoms. The van der Waals surface area contributed by atoms with Crippen molar-refractivity contribution in [2.75, 3.05) is 7.11 Å². The van der Waals surface area contributed by atoms with Crippen LogP contribution < -0.4 is 4.74 Å². The zero-order chi connectivity index (χ0) is 12.9. The van der Waals surface area contributed by atoms with E-state index in [0.717, 1.165) is 5.75 Å². The first kappa shape index (κ1) is 15.0. The molecule has 0 fully saturated rings. The highest BCUT2D eigenvalue weighted by molar-refractivity contribution is 5.45. The second-order valence-electron chi connectivity index (χ2n) is 4.89. The first-order valence-corrected chi connectivity index (χ1v) is 6.02. The predicted molar refractivity (Wildman–Crippen MR) is 72.5 cm³/mol. The van der Waals surface area contributed by atoms with Gasteiger partial charge in [0.2, 0.25) is 0 Å². The quantitative estimate of drug-likeness (QED) is 0.673. The van der Waals surface area contributed by atoms with Gasteiger partial charge in [0, 0.05) is 0 Å². The molecule has 1 nitrogen and oxygen atoms in total. The first-order chi connectivity index (χ1) is 7.36. The summed E-state index contributed by atoms with van der Waals surface area (Å²) in [7, 11) is 1.74. The highest BCUT2D eigenvalue weighted by Gasteiger charge is 2.19. The van der Waals surface area contributed by atoms with Crippen LogP contribution in [0, 0.1) is 13.8 Å². The highest BCUT2D eigenvalue weighted by atomic mass is 16.5. The second kappa shape index (κ2) is 5.93. The third-order valence-corrected chi connectivity index (χ3v) is 2.62. The first-order valence-electron chi connectivity index (χ1n) is 6.02. The Balaban J connectivity index is 0.00000106. The summed E-state index contributed by atoms with van der Waals surface area (Å²) in [5, 5.41) is 0. The summed E-state index contributed by atoms with van der Waals surface area (Å²) in [5.41, 5.74) is 4.04. The molecule has 0 aliphatic heterocycles. The van der Waals surface area contributed by atoms with Gasteiger partial charge in [-0.3, -0.25) is 0 Å². The minimum atomic E-state index is 0.143. The molecule has 0 radical (unpaired) electrons. The number of hydrogen-bond donors (Lipinski definition) is 0. The van der Waals surface area contributed by atoms with E-state index in [1.165, 1.54) is 16.7 Å². The summed E-state index contributed by atoms with van der Waals surface area (Å²) in [6.07, 6.45) is 0. The number of methoxy groups -OCH3 is 1. The van der Waals surface area contributed by atoms with Crippen LogP contribution in [0.1, 0.15) is 51.3 Å². The number of ether oxygens (including phenoxy) is 1. The Morgan fingerprint density at radius 3 is 1.75 bits per heavy atom. The molecule has 0 aliphatic rings. The zero-order valence-corrected chi connectivity index (χ0v) is 12.1. The molecule has 0 bridgehead atoms. The van der Waals surface area contributed by atoms with E-state index < -0.39 is 0 Å². The summed E-state index contributed by atoms with van der Waals surface area (Å²) in [6.45, 7) is 14.9. The molecular formula is C15H26O. The van der Waals surface area contributed by atoms with E-state index in [1.54, 1.807) is 7.11 Å². The fraction of sp³-hybridized carbons (Fsp3) is 0.600. The van der Waals surface area contributed by atoms with Gasteiger partial charge < -0.3 is 4.74 Å². The monoisotopic (exact) mass is 222 g/mol. The van der Waals surface area contributed by atoms with E-state index in [2.05, 4.69) is 46.8 Å². The molecule has 1 aromatic rings. The fourth-order valence-corrected chi connectivity index (χ4v) is 1.54. The molecule has 0 spiro atoms. The van der Waals surface area contributed by atoms with Gasteiger partial charge in [-0.2, -0.15) is 0 Å². The SMILES string of the molecule is CC.COc1cc(C)c(C)cc1C(C)(C)C. The topological polar surface area (TPSA) is 9.23 Å². The van der Waals surface area contributed by atoms with Crippen LogP contribution in [0.4, 0.5) is 0 Å². The molecule has 0 amide bonds. The number of hydrogen-bond acceptors (Lipinski definition) is 1. The van der Waals surface area contributed by atoms with Crippen LogP contribution in [0.5, 0.6) is 5.75 Å². The lowest BCUT2D eigenvalue weighted by Crippen LogP contribution is -2.13. The third-order valence-electron chi connectivity index (χ3n) is 2.62. The van der Waals surface area contributed by atoms with Crippen molar-refractivity contribution in [1.82, 2.24) is 0 Å². The average Bonchev–Trinajstić information content (AvgIpc) is 2.23. The van der Waals surface area contributed by atoms with Gasteiger partial charge in [0.1, 0.15) is 5.75 Å². The van der Waals surface area contributed by atoms with E-state index in [9.17, 15) is 0 Å². The zero-order valence-electron chi connectivity index (χ0n) is 12.1. The van der Waals surface area contributed by atoms with E-state index in [4.69, 9.17) is 4.74 Å². The summed E-state index contributed by atoms with van der Waals surface area (Å²) in [6, 6.07) is 4.35. The van der Waals surface area contributed by atoms with E-state index in [-0.39, 0.29) is 5.41 Å². The van der Waals surface area contributed by atoms with Gasteiger partial charge in [0.05, 0.1) is 7.11 Å². The Kier molecular flexibility index (Phi) is 5.57. The molecule has 0 aromatic heterocycles. The van der Waals surface area contributed by atoms with Crippen molar-refractivity contribution < 1.29 is 4.74 Å². The van der Waals surface area contributed by atoms with Crippen LogP contribution in [0.25, 0.3) is 0 Å². The molecule has 0 unspecified atom stereocenters. The maximum Gasteiger partial charge on any atom is 0.122 e. The maximum absolute atomic E-state index is 5.41. The van der Waals surface area contributed by atoms with Gasteiger partial charge in [-0.25, -0.2) is 0 Å². The summed E-state index contributed by atoms with van der Waals surface area (Å²) in [4.78, 5) is 0. The molecule has 1 rings (SSSR count). The predicted octanol–water partition coefficient (Wildman–Crippen LogP) is 4.64. The smallest absolute Gasteiger partial charge is 0.122 e. The number of benzene rings is 1. The molecule has 1 aromatic carbocycles. The Morgan fingerprint density at radius 2 is 1.38 bits per heavy atom. The van der Waals surface area contributed by atoms with Crippen LogP contribution in [-0.4, -0.2) is 7.11 Å². The van der Waals surface area contributed by atoms with Crippen molar-refractivity contribution in [2.24, 2.45) is 0 Å². The van der Waals surface area contributed by atoms with Crippen molar-refractivity contribution in [3.05, 3.63) is 28.8 Å². The van der Waals surface area contributed by atoms with Crippen molar-refractivity contribution in [1.29, 1.82) is 0 Å². The average molecular weight is 222 g/mol. The van der Waals surface area contributed by atoms with E-state index >= 15 is 0 Å². The van der Waals surface area contributed by atoms with Gasteiger partial charge in [-0.05, 0) is 42.0 Å². The summed E-state index contributed by atoms with van der Waals surface area (Å²) in [5.74, 6) is 1.00. The summed E-state index contributed by atoms with van der Waals surface area (Å²) >= 11 is 0. The Hall–Kier alpha value is -0.980. The molecule has 0 N–H and O–H groups in total. The number of rotatable bonds is 1.